The molecule has 2 aliphatic heterocycles. The van der Waals surface area contributed by atoms with E-state index in [2.05, 4.69) is 44.6 Å². The predicted octanol–water partition coefficient (Wildman–Crippen LogP) is 2.30. The number of carbonyl (C=O) groups excluding carboxylic acids is 6. The average molecular weight is 724 g/mol. The van der Waals surface area contributed by atoms with Gasteiger partial charge in [-0.1, -0.05) is 69.4 Å². The highest BCUT2D eigenvalue weighted by atomic mass is 16.2. The Morgan fingerprint density at radius 1 is 1.04 bits per heavy atom. The van der Waals surface area contributed by atoms with Crippen LogP contribution in [-0.2, 0) is 36.8 Å². The standard InChI is InChI=1S/C40H49N7O6/c1-3-15-43-37(51)33(48)29(19-25-11-12-25)44-36(50)31-18-24(2)23-46(31)38(52)32(28-20-26-9-5-6-10-27(26)21-28)47-39(53)34(40(47)13-7-4-8-14-40)45-35(49)30-22-41-16-17-42-30/h3,5-6,9-10,16-17,22,24-25,28-29,31-32,34H,1,4,7-8,11-15,18-21,23H2,2H3,(H,43,51)(H,44,50)(H,45,49)/t24-,29?,31+,32+,34-/m1/s1. The Morgan fingerprint density at radius 3 is 2.40 bits per heavy atom. The number of aromatic nitrogens is 2. The third-order valence-electron chi connectivity index (χ3n) is 12.0. The third kappa shape index (κ3) is 7.22. The highest BCUT2D eigenvalue weighted by Crippen LogP contribution is 2.49. The second-order valence-electron chi connectivity index (χ2n) is 15.7. The van der Waals surface area contributed by atoms with Crippen LogP contribution in [0.15, 0.2) is 55.5 Å². The molecule has 2 saturated heterocycles. The molecule has 5 aliphatic rings. The summed E-state index contributed by atoms with van der Waals surface area (Å²) in [6, 6.07) is 4.51. The highest BCUT2D eigenvalue weighted by molar-refractivity contribution is 6.38. The summed E-state index contributed by atoms with van der Waals surface area (Å²) in [6.45, 7) is 6.02. The first-order valence-electron chi connectivity index (χ1n) is 19.1. The number of carbonyl (C=O) groups is 6. The number of rotatable bonds is 13. The molecule has 4 fully saturated rings. The molecule has 7 rings (SSSR count). The van der Waals surface area contributed by atoms with E-state index in [0.717, 1.165) is 43.2 Å². The molecule has 3 heterocycles. The Balaban J connectivity index is 1.18. The first-order chi connectivity index (χ1) is 25.6. The molecule has 1 spiro atoms. The molecule has 13 nitrogen and oxygen atoms in total. The second kappa shape index (κ2) is 15.2. The lowest BCUT2D eigenvalue weighted by Gasteiger charge is -2.62. The summed E-state index contributed by atoms with van der Waals surface area (Å²) in [5.74, 6) is -3.06. The molecule has 1 unspecified atom stereocenters. The van der Waals surface area contributed by atoms with Crippen LogP contribution in [0.2, 0.25) is 0 Å². The molecular weight excluding hydrogens is 674 g/mol. The largest absolute Gasteiger partial charge is 0.346 e. The summed E-state index contributed by atoms with van der Waals surface area (Å²) in [4.78, 5) is 94.7. The van der Waals surface area contributed by atoms with Crippen molar-refractivity contribution in [1.82, 2.24) is 35.7 Å². The maximum Gasteiger partial charge on any atom is 0.289 e. The van der Waals surface area contributed by atoms with Crippen LogP contribution in [0.5, 0.6) is 0 Å². The van der Waals surface area contributed by atoms with Crippen molar-refractivity contribution < 1.29 is 28.8 Å². The van der Waals surface area contributed by atoms with Crippen LogP contribution in [0.3, 0.4) is 0 Å². The van der Waals surface area contributed by atoms with Crippen LogP contribution in [0, 0.1) is 17.8 Å². The van der Waals surface area contributed by atoms with Gasteiger partial charge >= 0.3 is 0 Å². The maximum atomic E-state index is 15.2. The Kier molecular flexibility index (Phi) is 10.4. The van der Waals surface area contributed by atoms with E-state index in [0.29, 0.717) is 45.1 Å². The van der Waals surface area contributed by atoms with E-state index >= 15 is 4.79 Å². The summed E-state index contributed by atoms with van der Waals surface area (Å²) in [6.07, 6.45) is 13.5. The van der Waals surface area contributed by atoms with Crippen LogP contribution in [0.1, 0.15) is 86.3 Å². The van der Waals surface area contributed by atoms with Gasteiger partial charge in [-0.3, -0.25) is 33.8 Å². The SMILES string of the molecule is C=CCNC(=O)C(=O)C(CC1CC1)NC(=O)[C@@H]1C[C@@H](C)CN1C(=O)[C@H](C1Cc2ccccc2C1)N1C(=O)[C@@H](NC(=O)c2cnccn2)C12CCCCC2. The molecule has 0 bridgehead atoms. The molecule has 5 atom stereocenters. The van der Waals surface area contributed by atoms with Crippen molar-refractivity contribution in [2.24, 2.45) is 17.8 Å². The smallest absolute Gasteiger partial charge is 0.289 e. The van der Waals surface area contributed by atoms with Gasteiger partial charge < -0.3 is 25.8 Å². The highest BCUT2D eigenvalue weighted by Gasteiger charge is 2.65. The first kappa shape index (κ1) is 36.4. The van der Waals surface area contributed by atoms with E-state index in [9.17, 15) is 24.0 Å². The zero-order chi connectivity index (χ0) is 37.3. The molecule has 53 heavy (non-hydrogen) atoms. The zero-order valence-electron chi connectivity index (χ0n) is 30.3. The Bertz CT molecular complexity index is 1750. The molecule has 2 saturated carbocycles. The number of amides is 5. The summed E-state index contributed by atoms with van der Waals surface area (Å²) >= 11 is 0. The summed E-state index contributed by atoms with van der Waals surface area (Å²) in [5, 5.41) is 8.36. The van der Waals surface area contributed by atoms with Gasteiger partial charge in [0.15, 0.2) is 0 Å². The van der Waals surface area contributed by atoms with Crippen molar-refractivity contribution in [2.45, 2.75) is 107 Å². The van der Waals surface area contributed by atoms with Gasteiger partial charge in [0.1, 0.15) is 23.8 Å². The second-order valence-corrected chi connectivity index (χ2v) is 15.7. The van der Waals surface area contributed by atoms with Gasteiger partial charge in [-0.2, -0.15) is 0 Å². The third-order valence-corrected chi connectivity index (χ3v) is 12.0. The molecule has 2 aromatic rings. The van der Waals surface area contributed by atoms with E-state index in [4.69, 9.17) is 0 Å². The fourth-order valence-corrected chi connectivity index (χ4v) is 9.23. The molecule has 13 heteroatoms. The molecule has 0 radical (unpaired) electrons. The molecule has 3 N–H and O–H groups in total. The predicted molar refractivity (Wildman–Crippen MR) is 194 cm³/mol. The van der Waals surface area contributed by atoms with Crippen molar-refractivity contribution in [2.75, 3.05) is 13.1 Å². The van der Waals surface area contributed by atoms with E-state index in [-0.39, 0.29) is 41.8 Å². The van der Waals surface area contributed by atoms with Gasteiger partial charge in [-0.25, -0.2) is 4.98 Å². The number of ketones is 1. The lowest BCUT2D eigenvalue weighted by atomic mass is 9.66. The van der Waals surface area contributed by atoms with Crippen LogP contribution < -0.4 is 16.0 Å². The zero-order valence-corrected chi connectivity index (χ0v) is 30.3. The van der Waals surface area contributed by atoms with Gasteiger partial charge in [0.05, 0.1) is 17.8 Å². The molecule has 5 amide bonds. The van der Waals surface area contributed by atoms with E-state index in [1.807, 2.05) is 19.1 Å². The quantitative estimate of drug-likeness (QED) is 0.161. The topological polar surface area (TPSA) is 171 Å². The van der Waals surface area contributed by atoms with E-state index in [1.54, 1.807) is 9.80 Å². The van der Waals surface area contributed by atoms with Crippen molar-refractivity contribution >= 4 is 35.3 Å². The molecular formula is C40H49N7O6. The number of nitrogens with one attached hydrogen (secondary N) is 3. The fraction of sp³-hybridized carbons (Fsp3) is 0.550. The number of hydrogen-bond donors (Lipinski definition) is 3. The Morgan fingerprint density at radius 2 is 1.75 bits per heavy atom. The van der Waals surface area contributed by atoms with Gasteiger partial charge in [-0.05, 0) is 67.4 Å². The minimum absolute atomic E-state index is 0.0145. The summed E-state index contributed by atoms with van der Waals surface area (Å²) in [5.41, 5.74) is 1.61. The number of β-lactam (4-membered cyclic amide) rings is 1. The lowest BCUT2D eigenvalue weighted by Crippen LogP contribution is -2.83. The number of hydrogen-bond acceptors (Lipinski definition) is 8. The number of fused-ring (bicyclic) bond motifs is 1. The van der Waals surface area contributed by atoms with Crippen molar-refractivity contribution in [3.05, 3.63) is 72.3 Å². The molecule has 1 aromatic carbocycles. The summed E-state index contributed by atoms with van der Waals surface area (Å²) in [7, 11) is 0. The average Bonchev–Trinajstić information content (AvgIpc) is 3.75. The van der Waals surface area contributed by atoms with Crippen LogP contribution in [-0.4, -0.2) is 97.9 Å². The minimum atomic E-state index is -1.01. The van der Waals surface area contributed by atoms with Crippen LogP contribution in [0.4, 0.5) is 0 Å². The van der Waals surface area contributed by atoms with Crippen molar-refractivity contribution in [1.29, 1.82) is 0 Å². The molecule has 3 aliphatic carbocycles. The van der Waals surface area contributed by atoms with Crippen LogP contribution in [0.25, 0.3) is 0 Å². The fourth-order valence-electron chi connectivity index (χ4n) is 9.23. The van der Waals surface area contributed by atoms with Crippen molar-refractivity contribution in [3.63, 3.8) is 0 Å². The van der Waals surface area contributed by atoms with Crippen LogP contribution >= 0.6 is 0 Å². The van der Waals surface area contributed by atoms with Gasteiger partial charge in [0.2, 0.25) is 23.5 Å². The minimum Gasteiger partial charge on any atom is -0.346 e. The van der Waals surface area contributed by atoms with E-state index in [1.165, 1.54) is 24.7 Å². The first-order valence-corrected chi connectivity index (χ1v) is 19.1. The number of Topliss-reactive ketones (excluding diaryl/α,β-unsaturated/α-hetero) is 1. The van der Waals surface area contributed by atoms with Gasteiger partial charge in [0.25, 0.3) is 11.8 Å². The summed E-state index contributed by atoms with van der Waals surface area (Å²) < 4.78 is 0. The molecule has 280 valence electrons. The van der Waals surface area contributed by atoms with Gasteiger partial charge in [-0.15, -0.1) is 6.58 Å². The number of benzene rings is 1. The lowest BCUT2D eigenvalue weighted by molar-refractivity contribution is -0.183. The Hall–Kier alpha value is -4.94. The Labute approximate surface area is 309 Å². The van der Waals surface area contributed by atoms with E-state index < -0.39 is 53.2 Å². The maximum absolute atomic E-state index is 15.2. The monoisotopic (exact) mass is 723 g/mol. The molecule has 1 aromatic heterocycles. The van der Waals surface area contributed by atoms with Crippen molar-refractivity contribution in [3.8, 4) is 0 Å². The van der Waals surface area contributed by atoms with Gasteiger partial charge in [0, 0.05) is 25.5 Å². The number of likely N-dealkylation sites (tertiary alicyclic amines) is 2. The normalized spacial score (nSPS) is 24.5. The number of nitrogens with zero attached hydrogens (tertiary/aromatic N) is 4.